The van der Waals surface area contributed by atoms with Crippen molar-refractivity contribution >= 4 is 39.6 Å². The van der Waals surface area contributed by atoms with E-state index in [0.717, 1.165) is 31.4 Å². The van der Waals surface area contributed by atoms with Gasteiger partial charge in [-0.05, 0) is 65.0 Å². The van der Waals surface area contributed by atoms with Crippen LogP contribution in [0.25, 0.3) is 0 Å². The van der Waals surface area contributed by atoms with Crippen LogP contribution < -0.4 is 20.7 Å². The molecule has 0 spiro atoms. The highest BCUT2D eigenvalue weighted by Crippen LogP contribution is 2.17. The van der Waals surface area contributed by atoms with E-state index in [0.29, 0.717) is 12.8 Å². The minimum atomic E-state index is -4.27. The van der Waals surface area contributed by atoms with Gasteiger partial charge in [0.15, 0.2) is 0 Å². The zero-order valence-corrected chi connectivity index (χ0v) is 25.7. The maximum absolute atomic E-state index is 13.3. The van der Waals surface area contributed by atoms with Crippen LogP contribution in [0.1, 0.15) is 60.8 Å². The first-order valence-electron chi connectivity index (χ1n) is 13.3. The molecule has 0 aliphatic rings. The van der Waals surface area contributed by atoms with Crippen molar-refractivity contribution in [1.29, 1.82) is 0 Å². The molecule has 0 aliphatic heterocycles. The molecule has 0 bridgehead atoms. The van der Waals surface area contributed by atoms with E-state index < -0.39 is 68.5 Å². The van der Waals surface area contributed by atoms with Gasteiger partial charge in [0.2, 0.25) is 21.8 Å². The smallest absolute Gasteiger partial charge is 0.407 e. The van der Waals surface area contributed by atoms with Crippen LogP contribution in [-0.4, -0.2) is 74.6 Å². The summed E-state index contributed by atoms with van der Waals surface area (Å²) < 4.78 is 38.0. The number of alkyl carbamates (subject to hydrolysis) is 1. The monoisotopic (exact) mass is 615 g/mol. The predicted molar refractivity (Wildman–Crippen MR) is 152 cm³/mol. The first kappa shape index (κ1) is 36.2. The number of carbonyl (C=O) groups excluding carboxylic acids is 4. The minimum Gasteiger partial charge on any atom is -0.467 e. The van der Waals surface area contributed by atoms with E-state index in [-0.39, 0.29) is 23.5 Å². The van der Waals surface area contributed by atoms with Crippen LogP contribution in [0.2, 0.25) is 0 Å². The largest absolute Gasteiger partial charge is 0.467 e. The molecule has 0 saturated heterocycles. The first-order valence-corrected chi connectivity index (χ1v) is 14.8. The van der Waals surface area contributed by atoms with E-state index in [1.165, 1.54) is 6.92 Å². The second-order valence-corrected chi connectivity index (χ2v) is 12.5. The van der Waals surface area contributed by atoms with Gasteiger partial charge in [0.1, 0.15) is 23.7 Å². The van der Waals surface area contributed by atoms with Gasteiger partial charge in [-0.25, -0.2) is 18.0 Å². The van der Waals surface area contributed by atoms with Gasteiger partial charge in [-0.2, -0.15) is 4.72 Å². The third kappa shape index (κ3) is 12.4. The van der Waals surface area contributed by atoms with Gasteiger partial charge in [0.05, 0.1) is 16.9 Å². The highest BCUT2D eigenvalue weighted by atomic mass is 32.2. The number of nitro groups is 1. The zero-order chi connectivity index (χ0) is 32.3. The summed E-state index contributed by atoms with van der Waals surface area (Å²) in [6.07, 6.45) is 0.284. The Hall–Kier alpha value is -3.79. The van der Waals surface area contributed by atoms with Crippen LogP contribution in [0.15, 0.2) is 29.2 Å². The van der Waals surface area contributed by atoms with Gasteiger partial charge in [-0.15, -0.1) is 0 Å². The number of methoxy groups -OCH3 is 1. The van der Waals surface area contributed by atoms with E-state index in [4.69, 9.17) is 4.74 Å². The molecule has 3 amide bonds. The lowest BCUT2D eigenvalue weighted by Gasteiger charge is -2.26. The molecule has 0 fully saturated rings. The minimum absolute atomic E-state index is 0.0986. The topological polar surface area (TPSA) is 212 Å². The maximum Gasteiger partial charge on any atom is 0.407 e. The average molecular weight is 616 g/mol. The van der Waals surface area contributed by atoms with Gasteiger partial charge in [0.25, 0.3) is 5.69 Å². The molecule has 42 heavy (non-hydrogen) atoms. The summed E-state index contributed by atoms with van der Waals surface area (Å²) in [5.41, 5.74) is -0.968. The van der Waals surface area contributed by atoms with Gasteiger partial charge in [-0.1, -0.05) is 13.8 Å². The summed E-state index contributed by atoms with van der Waals surface area (Å²) >= 11 is 0. The Kier molecular flexibility index (Phi) is 13.8. The molecule has 236 valence electrons. The number of unbranched alkanes of at least 4 members (excludes halogenated alkanes) is 1. The summed E-state index contributed by atoms with van der Waals surface area (Å²) in [5, 5.41) is 18.5. The number of nitro benzene ring substituents is 1. The number of non-ortho nitro benzene ring substituents is 1. The molecule has 0 aliphatic carbocycles. The lowest BCUT2D eigenvalue weighted by atomic mass is 10.0. The quantitative estimate of drug-likeness (QED) is 0.0971. The number of sulfonamides is 1. The molecular weight excluding hydrogens is 574 g/mol. The number of amides is 3. The fourth-order valence-corrected chi connectivity index (χ4v) is 4.88. The maximum atomic E-state index is 13.3. The van der Waals surface area contributed by atoms with Crippen molar-refractivity contribution in [2.75, 3.05) is 13.7 Å². The van der Waals surface area contributed by atoms with Crippen LogP contribution in [0.5, 0.6) is 0 Å². The molecule has 0 aromatic heterocycles. The highest BCUT2D eigenvalue weighted by Gasteiger charge is 2.32. The average Bonchev–Trinajstić information content (AvgIpc) is 2.88. The number of carbonyl (C=O) groups is 4. The molecule has 0 heterocycles. The van der Waals surface area contributed by atoms with Crippen molar-refractivity contribution in [2.24, 2.45) is 5.92 Å². The van der Waals surface area contributed by atoms with Gasteiger partial charge in [0, 0.05) is 18.7 Å². The molecule has 3 atom stereocenters. The van der Waals surface area contributed by atoms with Crippen LogP contribution in [0.3, 0.4) is 0 Å². The molecule has 16 heteroatoms. The summed E-state index contributed by atoms with van der Waals surface area (Å²) in [6.45, 7) is 10.0. The Morgan fingerprint density at radius 2 is 1.57 bits per heavy atom. The lowest BCUT2D eigenvalue weighted by molar-refractivity contribution is -0.384. The standard InChI is InChI=1S/C26H41N5O10S/c1-16(2)21(30-42(38,39)19-13-11-18(12-14-19)31(36)37)23(33)29-20(22(32)28-17(3)24(34)40-7)10-8-9-15-27-25(35)41-26(4,5)6/h11-14,16-17,20-21,30H,8-10,15H2,1-7H3,(H,27,35)(H,28,32)(H,29,33)/t17-,20-,21-/m0/s1. The van der Waals surface area contributed by atoms with Crippen LogP contribution >= 0.6 is 0 Å². The molecule has 15 nitrogen and oxygen atoms in total. The zero-order valence-electron chi connectivity index (χ0n) is 24.9. The van der Waals surface area contributed by atoms with Gasteiger partial charge in [-0.3, -0.25) is 19.7 Å². The second-order valence-electron chi connectivity index (χ2n) is 10.8. The number of nitrogens with zero attached hydrogens (tertiary/aromatic N) is 1. The molecule has 1 aromatic carbocycles. The number of benzene rings is 1. The third-order valence-electron chi connectivity index (χ3n) is 5.72. The van der Waals surface area contributed by atoms with Gasteiger partial charge >= 0.3 is 12.1 Å². The molecule has 1 aromatic rings. The second kappa shape index (κ2) is 16.0. The fraction of sp³-hybridized carbons (Fsp3) is 0.615. The Labute approximate surface area is 245 Å². The summed E-state index contributed by atoms with van der Waals surface area (Å²) in [5.74, 6) is -2.75. The third-order valence-corrected chi connectivity index (χ3v) is 7.18. The van der Waals surface area contributed by atoms with E-state index in [9.17, 15) is 37.7 Å². The summed E-state index contributed by atoms with van der Waals surface area (Å²) in [6, 6.07) is 0.664. The van der Waals surface area contributed by atoms with E-state index in [2.05, 4.69) is 25.4 Å². The number of rotatable bonds is 15. The van der Waals surface area contributed by atoms with Crippen molar-refractivity contribution in [2.45, 2.75) is 89.4 Å². The number of hydrogen-bond acceptors (Lipinski definition) is 10. The van der Waals surface area contributed by atoms with Crippen LogP contribution in [-0.2, 0) is 33.9 Å². The van der Waals surface area contributed by atoms with Crippen molar-refractivity contribution in [1.82, 2.24) is 20.7 Å². The molecule has 0 radical (unpaired) electrons. The van der Waals surface area contributed by atoms with Crippen molar-refractivity contribution in [3.63, 3.8) is 0 Å². The van der Waals surface area contributed by atoms with Crippen molar-refractivity contribution in [3.8, 4) is 0 Å². The van der Waals surface area contributed by atoms with Crippen LogP contribution in [0, 0.1) is 16.0 Å². The fourth-order valence-electron chi connectivity index (χ4n) is 3.53. The molecule has 1 rings (SSSR count). The normalized spacial score (nSPS) is 13.8. The number of nitrogens with one attached hydrogen (secondary N) is 4. The Balaban J connectivity index is 3.01. The number of esters is 1. The summed E-state index contributed by atoms with van der Waals surface area (Å²) in [7, 11) is -3.12. The molecule has 0 saturated carbocycles. The first-order chi connectivity index (χ1) is 19.4. The Morgan fingerprint density at radius 3 is 2.07 bits per heavy atom. The Bertz CT molecular complexity index is 1210. The highest BCUT2D eigenvalue weighted by molar-refractivity contribution is 7.89. The molecule has 4 N–H and O–H groups in total. The van der Waals surface area contributed by atoms with Crippen molar-refractivity contribution < 1.29 is 42.0 Å². The number of hydrogen-bond donors (Lipinski definition) is 4. The Morgan fingerprint density at radius 1 is 0.976 bits per heavy atom. The SMILES string of the molecule is COC(=O)[C@H](C)NC(=O)[C@H](CCCCNC(=O)OC(C)(C)C)NC(=O)[C@@H](NS(=O)(=O)c1ccc([N+](=O)[O-])cc1)C(C)C. The van der Waals surface area contributed by atoms with Crippen molar-refractivity contribution in [3.05, 3.63) is 34.4 Å². The summed E-state index contributed by atoms with van der Waals surface area (Å²) in [4.78, 5) is 59.9. The van der Waals surface area contributed by atoms with Crippen LogP contribution in [0.4, 0.5) is 10.5 Å². The van der Waals surface area contributed by atoms with E-state index in [1.807, 2.05) is 0 Å². The predicted octanol–water partition coefficient (Wildman–Crippen LogP) is 1.76. The van der Waals surface area contributed by atoms with Gasteiger partial charge < -0.3 is 25.4 Å². The number of ether oxygens (including phenoxy) is 2. The van der Waals surface area contributed by atoms with E-state index >= 15 is 0 Å². The van der Waals surface area contributed by atoms with E-state index in [1.54, 1.807) is 34.6 Å². The lowest BCUT2D eigenvalue weighted by Crippen LogP contribution is -2.56. The molecular formula is C26H41N5O10S. The molecule has 0 unspecified atom stereocenters.